The quantitative estimate of drug-likeness (QED) is 0.303. The van der Waals surface area contributed by atoms with Gasteiger partial charge in [-0.3, -0.25) is 0 Å². The van der Waals surface area contributed by atoms with Crippen LogP contribution in [0.25, 0.3) is 0 Å². The summed E-state index contributed by atoms with van der Waals surface area (Å²) in [5, 5.41) is 27.6. The molecule has 3 aromatic carbocycles. The van der Waals surface area contributed by atoms with Crippen LogP contribution in [0.4, 0.5) is 11.4 Å². The van der Waals surface area contributed by atoms with Gasteiger partial charge in [0.15, 0.2) is 0 Å². The molecule has 0 aromatic heterocycles. The zero-order valence-corrected chi connectivity index (χ0v) is 18.9. The molecule has 3 aromatic rings. The van der Waals surface area contributed by atoms with E-state index in [-0.39, 0.29) is 13.2 Å². The summed E-state index contributed by atoms with van der Waals surface area (Å²) in [6.45, 7) is 0.879. The van der Waals surface area contributed by atoms with Crippen LogP contribution in [0.15, 0.2) is 72.8 Å². The van der Waals surface area contributed by atoms with Gasteiger partial charge >= 0.3 is 0 Å². The molecule has 4 N–H and O–H groups in total. The summed E-state index contributed by atoms with van der Waals surface area (Å²) in [7, 11) is 0. The van der Waals surface area contributed by atoms with Gasteiger partial charge in [0.25, 0.3) is 0 Å². The van der Waals surface area contributed by atoms with Gasteiger partial charge in [0, 0.05) is 13.1 Å². The highest BCUT2D eigenvalue weighted by atomic mass is 35.5. The van der Waals surface area contributed by atoms with Gasteiger partial charge in [-0.05, 0) is 48.5 Å². The van der Waals surface area contributed by atoms with Crippen molar-refractivity contribution < 1.29 is 19.7 Å². The van der Waals surface area contributed by atoms with Crippen molar-refractivity contribution in [2.45, 2.75) is 12.2 Å². The van der Waals surface area contributed by atoms with E-state index in [0.717, 1.165) is 11.4 Å². The average molecular weight is 477 g/mol. The van der Waals surface area contributed by atoms with E-state index in [1.54, 1.807) is 36.4 Å². The Morgan fingerprint density at radius 1 is 0.625 bits per heavy atom. The smallest absolute Gasteiger partial charge is 0.119 e. The van der Waals surface area contributed by atoms with Crippen molar-refractivity contribution in [3.05, 3.63) is 82.8 Å². The number of rotatable bonds is 12. The van der Waals surface area contributed by atoms with Crippen molar-refractivity contribution in [2.24, 2.45) is 0 Å². The Labute approximate surface area is 197 Å². The number of halogens is 2. The number of para-hydroxylation sites is 2. The minimum absolute atomic E-state index is 0.129. The molecular weight excluding hydrogens is 451 g/mol. The highest BCUT2D eigenvalue weighted by molar-refractivity contribution is 6.33. The van der Waals surface area contributed by atoms with E-state index < -0.39 is 12.2 Å². The van der Waals surface area contributed by atoms with Crippen LogP contribution < -0.4 is 20.1 Å². The van der Waals surface area contributed by atoms with Crippen LogP contribution in [0, 0.1) is 0 Å². The topological polar surface area (TPSA) is 83.0 Å². The van der Waals surface area contributed by atoms with Gasteiger partial charge in [-0.15, -0.1) is 0 Å². The fourth-order valence-corrected chi connectivity index (χ4v) is 3.20. The maximum absolute atomic E-state index is 10.1. The fraction of sp³-hybridized carbons (Fsp3) is 0.250. The molecule has 0 fully saturated rings. The van der Waals surface area contributed by atoms with E-state index in [2.05, 4.69) is 10.6 Å². The number of hydrogen-bond acceptors (Lipinski definition) is 6. The van der Waals surface area contributed by atoms with Gasteiger partial charge in [-0.25, -0.2) is 0 Å². The minimum Gasteiger partial charge on any atom is -0.491 e. The first-order chi connectivity index (χ1) is 15.5. The van der Waals surface area contributed by atoms with Gasteiger partial charge < -0.3 is 30.3 Å². The molecule has 0 aliphatic rings. The fourth-order valence-electron chi connectivity index (χ4n) is 2.80. The molecule has 0 saturated carbocycles. The predicted octanol–water partition coefficient (Wildman–Crippen LogP) is 4.70. The maximum Gasteiger partial charge on any atom is 0.119 e. The van der Waals surface area contributed by atoms with E-state index >= 15 is 0 Å². The standard InChI is InChI=1S/C24H26Cl2N2O4/c25-21-5-1-3-7-23(21)27-13-17(29)15-31-19-9-11-20(12-10-19)32-16-18(30)14-28-24-8-4-2-6-22(24)26/h1-12,17-18,27-30H,13-16H2. The first-order valence-electron chi connectivity index (χ1n) is 10.2. The third-order valence-corrected chi connectivity index (χ3v) is 5.17. The molecule has 0 radical (unpaired) electrons. The van der Waals surface area contributed by atoms with Crippen LogP contribution in [-0.4, -0.2) is 48.7 Å². The third kappa shape index (κ3) is 7.80. The van der Waals surface area contributed by atoms with Gasteiger partial charge in [-0.2, -0.15) is 0 Å². The summed E-state index contributed by atoms with van der Waals surface area (Å²) in [6, 6.07) is 21.7. The van der Waals surface area contributed by atoms with Crippen molar-refractivity contribution in [1.82, 2.24) is 0 Å². The van der Waals surface area contributed by atoms with E-state index in [1.165, 1.54) is 0 Å². The Morgan fingerprint density at radius 2 is 1.00 bits per heavy atom. The van der Waals surface area contributed by atoms with Gasteiger partial charge in [0.05, 0.1) is 21.4 Å². The molecule has 2 atom stereocenters. The lowest BCUT2D eigenvalue weighted by molar-refractivity contribution is 0.115. The predicted molar refractivity (Wildman–Crippen MR) is 129 cm³/mol. The summed E-state index contributed by atoms with van der Waals surface area (Å²) in [6.07, 6.45) is -1.41. The van der Waals surface area contributed by atoms with Crippen LogP contribution in [-0.2, 0) is 0 Å². The van der Waals surface area contributed by atoms with Crippen molar-refractivity contribution >= 4 is 34.6 Å². The Balaban J connectivity index is 1.35. The Bertz CT molecular complexity index is 894. The SMILES string of the molecule is OC(CNc1ccccc1Cl)COc1ccc(OCC(O)CNc2ccccc2Cl)cc1. The molecule has 0 saturated heterocycles. The van der Waals surface area contributed by atoms with Gasteiger partial charge in [-0.1, -0.05) is 47.5 Å². The van der Waals surface area contributed by atoms with Crippen molar-refractivity contribution in [3.8, 4) is 11.5 Å². The van der Waals surface area contributed by atoms with Crippen molar-refractivity contribution in [2.75, 3.05) is 36.9 Å². The van der Waals surface area contributed by atoms with E-state index in [4.69, 9.17) is 32.7 Å². The van der Waals surface area contributed by atoms with Crippen molar-refractivity contribution in [3.63, 3.8) is 0 Å². The first-order valence-corrected chi connectivity index (χ1v) is 11.0. The second kappa shape index (κ2) is 12.4. The van der Waals surface area contributed by atoms with Crippen LogP contribution in [0.3, 0.4) is 0 Å². The van der Waals surface area contributed by atoms with Gasteiger partial charge in [0.2, 0.25) is 0 Å². The van der Waals surface area contributed by atoms with Crippen LogP contribution in [0.5, 0.6) is 11.5 Å². The zero-order valence-electron chi connectivity index (χ0n) is 17.4. The Kier molecular flexibility index (Phi) is 9.31. The largest absolute Gasteiger partial charge is 0.491 e. The molecule has 32 heavy (non-hydrogen) atoms. The molecule has 3 rings (SSSR count). The lowest BCUT2D eigenvalue weighted by Crippen LogP contribution is -2.26. The number of aliphatic hydroxyl groups is 2. The molecule has 0 heterocycles. The second-order valence-electron chi connectivity index (χ2n) is 7.12. The summed E-state index contributed by atoms with van der Waals surface area (Å²) in [5.74, 6) is 1.21. The number of ether oxygens (including phenoxy) is 2. The number of hydrogen-bond donors (Lipinski definition) is 4. The second-order valence-corrected chi connectivity index (χ2v) is 7.94. The van der Waals surface area contributed by atoms with Crippen LogP contribution >= 0.6 is 23.2 Å². The first kappa shape index (κ1) is 24.0. The monoisotopic (exact) mass is 476 g/mol. The molecule has 0 amide bonds. The molecule has 2 unspecified atom stereocenters. The van der Waals surface area contributed by atoms with E-state index in [0.29, 0.717) is 34.6 Å². The molecule has 170 valence electrons. The molecule has 8 heteroatoms. The molecule has 0 aliphatic heterocycles. The van der Waals surface area contributed by atoms with Crippen LogP contribution in [0.2, 0.25) is 10.0 Å². The highest BCUT2D eigenvalue weighted by Gasteiger charge is 2.09. The highest BCUT2D eigenvalue weighted by Crippen LogP contribution is 2.22. The number of anilines is 2. The normalized spacial score (nSPS) is 12.6. The number of nitrogens with one attached hydrogen (secondary N) is 2. The van der Waals surface area contributed by atoms with Crippen LogP contribution in [0.1, 0.15) is 0 Å². The van der Waals surface area contributed by atoms with Crippen molar-refractivity contribution in [1.29, 1.82) is 0 Å². The lowest BCUT2D eigenvalue weighted by Gasteiger charge is -2.16. The molecule has 0 spiro atoms. The molecular formula is C24H26Cl2N2O4. The Hall–Kier alpha value is -2.64. The van der Waals surface area contributed by atoms with Gasteiger partial charge in [0.1, 0.15) is 36.9 Å². The third-order valence-electron chi connectivity index (χ3n) is 4.51. The maximum atomic E-state index is 10.1. The summed E-state index contributed by atoms with van der Waals surface area (Å²) < 4.78 is 11.2. The molecule has 0 aliphatic carbocycles. The summed E-state index contributed by atoms with van der Waals surface area (Å²) in [4.78, 5) is 0. The summed E-state index contributed by atoms with van der Waals surface area (Å²) >= 11 is 12.2. The zero-order chi connectivity index (χ0) is 22.8. The van der Waals surface area contributed by atoms with E-state index in [1.807, 2.05) is 36.4 Å². The number of benzene rings is 3. The average Bonchev–Trinajstić information content (AvgIpc) is 2.81. The lowest BCUT2D eigenvalue weighted by atomic mass is 10.3. The Morgan fingerprint density at radius 3 is 1.38 bits per heavy atom. The van der Waals surface area contributed by atoms with E-state index in [9.17, 15) is 10.2 Å². The minimum atomic E-state index is -0.706. The molecule has 6 nitrogen and oxygen atoms in total. The molecule has 0 bridgehead atoms. The summed E-state index contributed by atoms with van der Waals surface area (Å²) in [5.41, 5.74) is 1.53. The number of aliphatic hydroxyl groups excluding tert-OH is 2.